The van der Waals surface area contributed by atoms with Gasteiger partial charge in [-0.2, -0.15) is 0 Å². The van der Waals surface area contributed by atoms with Crippen LogP contribution in [-0.4, -0.2) is 46.4 Å². The van der Waals surface area contributed by atoms with Crippen LogP contribution in [0.3, 0.4) is 0 Å². The lowest BCUT2D eigenvalue weighted by Gasteiger charge is -2.27. The maximum atomic E-state index is 10.8. The van der Waals surface area contributed by atoms with Crippen LogP contribution in [0.2, 0.25) is 0 Å². The third-order valence-electron chi connectivity index (χ3n) is 1.76. The van der Waals surface area contributed by atoms with Crippen molar-refractivity contribution in [3.63, 3.8) is 0 Å². The van der Waals surface area contributed by atoms with Crippen LogP contribution in [0.25, 0.3) is 0 Å². The quantitative estimate of drug-likeness (QED) is 0.440. The van der Waals surface area contributed by atoms with Gasteiger partial charge in [-0.15, -0.1) is 0 Å². The molecule has 1 rings (SSSR count). The Labute approximate surface area is 78.3 Å². The van der Waals surface area contributed by atoms with E-state index in [9.17, 15) is 9.46 Å². The Morgan fingerprint density at radius 1 is 1.69 bits per heavy atom. The van der Waals surface area contributed by atoms with Gasteiger partial charge in [0, 0.05) is 19.8 Å². The van der Waals surface area contributed by atoms with E-state index in [1.54, 1.807) is 0 Å². The second kappa shape index (κ2) is 4.11. The summed E-state index contributed by atoms with van der Waals surface area (Å²) in [5, 5.41) is 0. The molecular formula is C6H11BO5P-. The Kier molecular flexibility index (Phi) is 3.54. The summed E-state index contributed by atoms with van der Waals surface area (Å²) in [6.07, 6.45) is -1.16. The molecule has 2 unspecified atom stereocenters. The Balaban J connectivity index is 2.60. The number of methoxy groups -OCH3 is 1. The molecule has 0 N–H and O–H groups in total. The molecule has 1 saturated heterocycles. The summed E-state index contributed by atoms with van der Waals surface area (Å²) in [7, 11) is 3.12. The summed E-state index contributed by atoms with van der Waals surface area (Å²) in [5.41, 5.74) is 0. The van der Waals surface area contributed by atoms with E-state index in [0.717, 1.165) is 6.66 Å². The molecule has 0 bridgehead atoms. The fourth-order valence-corrected chi connectivity index (χ4v) is 1.86. The highest BCUT2D eigenvalue weighted by molar-refractivity contribution is 7.50. The SMILES string of the molecule is [B][C@@H]1OCC(OC)[C@@H]1OP(C)(=O)[O-]. The number of hydrogen-bond donors (Lipinski definition) is 0. The van der Waals surface area contributed by atoms with E-state index in [1.807, 2.05) is 0 Å². The first-order valence-electron chi connectivity index (χ1n) is 3.81. The van der Waals surface area contributed by atoms with Gasteiger partial charge in [0.1, 0.15) is 27.6 Å². The van der Waals surface area contributed by atoms with Crippen LogP contribution >= 0.6 is 7.60 Å². The Bertz CT molecular complexity index is 217. The molecule has 1 aliphatic heterocycles. The van der Waals surface area contributed by atoms with Gasteiger partial charge in [0.15, 0.2) is 0 Å². The van der Waals surface area contributed by atoms with Crippen LogP contribution in [0.1, 0.15) is 0 Å². The lowest BCUT2D eigenvalue weighted by atomic mass is 9.94. The van der Waals surface area contributed by atoms with E-state index >= 15 is 0 Å². The standard InChI is InChI=1S/C6H12BO5P/c1-10-4-3-11-6(7)5(4)12-13(2,8)9/h4-6H,3H2,1-2H3,(H,8,9)/p-1/t4?,5-,6+/m0/s1. The molecule has 2 radical (unpaired) electrons. The molecule has 4 atom stereocenters. The minimum Gasteiger partial charge on any atom is -0.779 e. The third kappa shape index (κ3) is 3.07. The van der Waals surface area contributed by atoms with Gasteiger partial charge in [0.25, 0.3) is 0 Å². The van der Waals surface area contributed by atoms with E-state index in [2.05, 4.69) is 0 Å². The molecule has 0 aromatic heterocycles. The van der Waals surface area contributed by atoms with E-state index in [1.165, 1.54) is 7.11 Å². The van der Waals surface area contributed by atoms with Crippen molar-refractivity contribution >= 4 is 15.4 Å². The number of ether oxygens (including phenoxy) is 2. The van der Waals surface area contributed by atoms with Crippen LogP contribution in [0.15, 0.2) is 0 Å². The van der Waals surface area contributed by atoms with E-state index in [0.29, 0.717) is 0 Å². The molecule has 0 aromatic carbocycles. The molecule has 0 amide bonds. The Morgan fingerprint density at radius 3 is 2.77 bits per heavy atom. The smallest absolute Gasteiger partial charge is 0.132 e. The molecule has 0 aliphatic carbocycles. The van der Waals surface area contributed by atoms with Gasteiger partial charge in [-0.25, -0.2) is 0 Å². The van der Waals surface area contributed by atoms with Crippen molar-refractivity contribution in [3.8, 4) is 0 Å². The second-order valence-electron chi connectivity index (χ2n) is 2.91. The molecule has 1 aliphatic rings. The van der Waals surface area contributed by atoms with Gasteiger partial charge in [0.05, 0.1) is 6.61 Å². The lowest BCUT2D eigenvalue weighted by Crippen LogP contribution is -2.34. The van der Waals surface area contributed by atoms with Crippen LogP contribution in [-0.2, 0) is 18.6 Å². The molecule has 1 fully saturated rings. The van der Waals surface area contributed by atoms with Gasteiger partial charge < -0.3 is 23.5 Å². The molecule has 0 saturated carbocycles. The fraction of sp³-hybridized carbons (Fsp3) is 1.00. The summed E-state index contributed by atoms with van der Waals surface area (Å²) in [4.78, 5) is 10.8. The van der Waals surface area contributed by atoms with Crippen molar-refractivity contribution in [3.05, 3.63) is 0 Å². The molecule has 13 heavy (non-hydrogen) atoms. The van der Waals surface area contributed by atoms with Gasteiger partial charge >= 0.3 is 0 Å². The summed E-state index contributed by atoms with van der Waals surface area (Å²) in [6, 6.07) is -0.743. The van der Waals surface area contributed by atoms with Gasteiger partial charge in [-0.3, -0.25) is 0 Å². The first-order chi connectivity index (χ1) is 5.94. The molecule has 5 nitrogen and oxygen atoms in total. The lowest BCUT2D eigenvalue weighted by molar-refractivity contribution is -0.203. The highest BCUT2D eigenvalue weighted by Crippen LogP contribution is 2.37. The van der Waals surface area contributed by atoms with Crippen molar-refractivity contribution in [2.75, 3.05) is 20.4 Å². The van der Waals surface area contributed by atoms with Crippen LogP contribution in [0, 0.1) is 0 Å². The topological polar surface area (TPSA) is 67.8 Å². The van der Waals surface area contributed by atoms with Crippen molar-refractivity contribution in [2.45, 2.75) is 18.2 Å². The average Bonchev–Trinajstić information content (AvgIpc) is 2.30. The first kappa shape index (κ1) is 11.2. The minimum absolute atomic E-state index is 0.252. The van der Waals surface area contributed by atoms with Gasteiger partial charge in [-0.1, -0.05) is 0 Å². The monoisotopic (exact) mass is 205 g/mol. The molecule has 7 heteroatoms. The molecule has 74 valence electrons. The van der Waals surface area contributed by atoms with E-state index in [-0.39, 0.29) is 6.61 Å². The first-order valence-corrected chi connectivity index (χ1v) is 5.80. The van der Waals surface area contributed by atoms with Gasteiger partial charge in [-0.05, 0) is 0 Å². The maximum absolute atomic E-state index is 10.8. The number of hydrogen-bond acceptors (Lipinski definition) is 5. The van der Waals surface area contributed by atoms with Crippen LogP contribution in [0.5, 0.6) is 0 Å². The van der Waals surface area contributed by atoms with Crippen molar-refractivity contribution in [1.29, 1.82) is 0 Å². The van der Waals surface area contributed by atoms with E-state index in [4.69, 9.17) is 21.8 Å². The van der Waals surface area contributed by atoms with Crippen LogP contribution < -0.4 is 4.89 Å². The van der Waals surface area contributed by atoms with Gasteiger partial charge in [0.2, 0.25) is 0 Å². The second-order valence-corrected chi connectivity index (χ2v) is 4.67. The van der Waals surface area contributed by atoms with Crippen molar-refractivity contribution in [1.82, 2.24) is 0 Å². The summed E-state index contributed by atoms with van der Waals surface area (Å²) in [6.45, 7) is 1.24. The zero-order valence-electron chi connectivity index (χ0n) is 7.50. The maximum Gasteiger partial charge on any atom is 0.132 e. The summed E-state index contributed by atoms with van der Waals surface area (Å²) < 4.78 is 25.5. The van der Waals surface area contributed by atoms with E-state index < -0.39 is 25.8 Å². The summed E-state index contributed by atoms with van der Waals surface area (Å²) >= 11 is 0. The molecule has 1 heterocycles. The van der Waals surface area contributed by atoms with Crippen LogP contribution in [0.4, 0.5) is 0 Å². The predicted molar refractivity (Wildman–Crippen MR) is 44.7 cm³/mol. The largest absolute Gasteiger partial charge is 0.779 e. The highest BCUT2D eigenvalue weighted by Gasteiger charge is 2.36. The minimum atomic E-state index is -3.79. The van der Waals surface area contributed by atoms with Crippen molar-refractivity contribution < 1.29 is 23.5 Å². The predicted octanol–water partition coefficient (Wildman–Crippen LogP) is -0.905. The number of rotatable bonds is 3. The average molecular weight is 205 g/mol. The molecule has 0 spiro atoms. The fourth-order valence-electron chi connectivity index (χ4n) is 1.16. The molecule has 0 aromatic rings. The zero-order chi connectivity index (χ0) is 10.1. The third-order valence-corrected chi connectivity index (χ3v) is 2.39. The summed E-state index contributed by atoms with van der Waals surface area (Å²) in [5.74, 6) is 0. The highest BCUT2D eigenvalue weighted by atomic mass is 31.2. The zero-order valence-corrected chi connectivity index (χ0v) is 8.40. The Hall–Kier alpha value is 0.135. The van der Waals surface area contributed by atoms with Crippen molar-refractivity contribution in [2.24, 2.45) is 0 Å². The normalized spacial score (nSPS) is 38.8. The Morgan fingerprint density at radius 2 is 2.31 bits per heavy atom. The molecular weight excluding hydrogens is 194 g/mol.